The number of carbonyl (C=O) groups excluding carboxylic acids is 3. The minimum Gasteiger partial charge on any atom is -0.467 e. The van der Waals surface area contributed by atoms with Crippen molar-refractivity contribution in [3.63, 3.8) is 0 Å². The molecule has 2 unspecified atom stereocenters. The standard InChI is InChI=1S/C19H18ClFN2O5/c1-11(18(25)22-16-5-4-13(21)8-15(16)20)28-19(26)12-7-17(24)23(9-12)10-14-3-2-6-27-14/h2-6,8,11-12H,7,9-10H2,1H3,(H,22,25). The van der Waals surface area contributed by atoms with Crippen LogP contribution < -0.4 is 5.32 Å². The first-order valence-corrected chi connectivity index (χ1v) is 8.98. The number of hydrogen-bond donors (Lipinski definition) is 1. The van der Waals surface area contributed by atoms with E-state index in [0.717, 1.165) is 12.1 Å². The highest BCUT2D eigenvalue weighted by molar-refractivity contribution is 6.33. The molecule has 7 nitrogen and oxygen atoms in total. The summed E-state index contributed by atoms with van der Waals surface area (Å²) in [5.74, 6) is -2.01. The zero-order valence-corrected chi connectivity index (χ0v) is 15.7. The Morgan fingerprint density at radius 1 is 1.43 bits per heavy atom. The van der Waals surface area contributed by atoms with E-state index in [1.165, 1.54) is 24.2 Å². The fourth-order valence-corrected chi connectivity index (χ4v) is 3.04. The highest BCUT2D eigenvalue weighted by Gasteiger charge is 2.37. The molecule has 0 radical (unpaired) electrons. The smallest absolute Gasteiger partial charge is 0.312 e. The number of ether oxygens (including phenoxy) is 1. The number of likely N-dealkylation sites (tertiary alicyclic amines) is 1. The number of benzene rings is 1. The summed E-state index contributed by atoms with van der Waals surface area (Å²) in [6.07, 6.45) is 0.412. The summed E-state index contributed by atoms with van der Waals surface area (Å²) < 4.78 is 23.5. The van der Waals surface area contributed by atoms with Gasteiger partial charge in [0.15, 0.2) is 6.10 Å². The second-order valence-corrected chi connectivity index (χ2v) is 6.85. The number of nitrogens with one attached hydrogen (secondary N) is 1. The van der Waals surface area contributed by atoms with Gasteiger partial charge in [0.25, 0.3) is 5.91 Å². The van der Waals surface area contributed by atoms with Crippen molar-refractivity contribution in [2.24, 2.45) is 5.92 Å². The molecule has 3 rings (SSSR count). The Hall–Kier alpha value is -2.87. The van der Waals surface area contributed by atoms with Gasteiger partial charge in [-0.25, -0.2) is 4.39 Å². The fourth-order valence-electron chi connectivity index (χ4n) is 2.82. The van der Waals surface area contributed by atoms with Gasteiger partial charge in [-0.05, 0) is 37.3 Å². The summed E-state index contributed by atoms with van der Waals surface area (Å²) in [5.41, 5.74) is 0.205. The molecule has 148 valence electrons. The molecule has 1 aromatic heterocycles. The number of nitrogens with zero attached hydrogens (tertiary/aromatic N) is 1. The molecule has 1 saturated heterocycles. The second-order valence-electron chi connectivity index (χ2n) is 6.45. The predicted molar refractivity (Wildman–Crippen MR) is 97.8 cm³/mol. The van der Waals surface area contributed by atoms with Crippen molar-refractivity contribution in [3.8, 4) is 0 Å². The quantitative estimate of drug-likeness (QED) is 0.742. The number of esters is 1. The molecule has 0 aliphatic carbocycles. The number of rotatable bonds is 6. The van der Waals surface area contributed by atoms with Crippen LogP contribution in [0.25, 0.3) is 0 Å². The average molecular weight is 409 g/mol. The summed E-state index contributed by atoms with van der Waals surface area (Å²) in [4.78, 5) is 38.1. The SMILES string of the molecule is CC(OC(=O)C1CC(=O)N(Cc2ccco2)C1)C(=O)Nc1ccc(F)cc1Cl. The Balaban J connectivity index is 1.53. The van der Waals surface area contributed by atoms with Crippen LogP contribution in [-0.2, 0) is 25.7 Å². The summed E-state index contributed by atoms with van der Waals surface area (Å²) >= 11 is 5.86. The maximum absolute atomic E-state index is 13.1. The summed E-state index contributed by atoms with van der Waals surface area (Å²) in [6, 6.07) is 6.98. The van der Waals surface area contributed by atoms with E-state index >= 15 is 0 Å². The number of carbonyl (C=O) groups is 3. The van der Waals surface area contributed by atoms with Crippen LogP contribution >= 0.6 is 11.6 Å². The van der Waals surface area contributed by atoms with Crippen LogP contribution in [-0.4, -0.2) is 35.3 Å². The molecule has 1 aliphatic heterocycles. The molecule has 2 amide bonds. The Bertz CT molecular complexity index is 886. The number of hydrogen-bond acceptors (Lipinski definition) is 5. The van der Waals surface area contributed by atoms with Crippen molar-refractivity contribution in [3.05, 3.63) is 53.2 Å². The summed E-state index contributed by atoms with van der Waals surface area (Å²) in [5, 5.41) is 2.51. The third-order valence-corrected chi connectivity index (χ3v) is 4.64. The molecular weight excluding hydrogens is 391 g/mol. The molecular formula is C19H18ClFN2O5. The molecule has 1 fully saturated rings. The Morgan fingerprint density at radius 3 is 2.89 bits per heavy atom. The van der Waals surface area contributed by atoms with Gasteiger partial charge in [-0.15, -0.1) is 0 Å². The van der Waals surface area contributed by atoms with E-state index < -0.39 is 29.7 Å². The van der Waals surface area contributed by atoms with Crippen molar-refractivity contribution in [1.29, 1.82) is 0 Å². The lowest BCUT2D eigenvalue weighted by molar-refractivity contribution is -0.157. The predicted octanol–water partition coefficient (Wildman–Crippen LogP) is 2.99. The van der Waals surface area contributed by atoms with Gasteiger partial charge in [0, 0.05) is 13.0 Å². The van der Waals surface area contributed by atoms with Gasteiger partial charge in [-0.2, -0.15) is 0 Å². The highest BCUT2D eigenvalue weighted by atomic mass is 35.5. The van der Waals surface area contributed by atoms with E-state index in [0.29, 0.717) is 5.76 Å². The molecule has 9 heteroatoms. The van der Waals surface area contributed by atoms with Crippen LogP contribution in [0.5, 0.6) is 0 Å². The minimum absolute atomic E-state index is 0.0116. The second kappa shape index (κ2) is 8.43. The largest absolute Gasteiger partial charge is 0.467 e. The van der Waals surface area contributed by atoms with Gasteiger partial charge in [0.2, 0.25) is 5.91 Å². The van der Waals surface area contributed by atoms with E-state index in [-0.39, 0.29) is 36.1 Å². The third-order valence-electron chi connectivity index (χ3n) is 4.33. The molecule has 2 atom stereocenters. The Labute approximate surface area is 165 Å². The molecule has 28 heavy (non-hydrogen) atoms. The van der Waals surface area contributed by atoms with E-state index in [1.54, 1.807) is 12.1 Å². The summed E-state index contributed by atoms with van der Waals surface area (Å²) in [7, 11) is 0. The fraction of sp³-hybridized carbons (Fsp3) is 0.316. The van der Waals surface area contributed by atoms with Crippen molar-refractivity contribution in [2.75, 3.05) is 11.9 Å². The molecule has 0 saturated carbocycles. The lowest BCUT2D eigenvalue weighted by atomic mass is 10.1. The number of anilines is 1. The van der Waals surface area contributed by atoms with Gasteiger partial charge in [0.1, 0.15) is 11.6 Å². The normalized spacial score (nSPS) is 17.5. The zero-order valence-electron chi connectivity index (χ0n) is 15.0. The number of halogens is 2. The van der Waals surface area contributed by atoms with Crippen LogP contribution in [0, 0.1) is 11.7 Å². The highest BCUT2D eigenvalue weighted by Crippen LogP contribution is 2.24. The topological polar surface area (TPSA) is 88.9 Å². The maximum Gasteiger partial charge on any atom is 0.312 e. The van der Waals surface area contributed by atoms with Crippen LogP contribution in [0.3, 0.4) is 0 Å². The first kappa shape index (κ1) is 19.9. The lowest BCUT2D eigenvalue weighted by Gasteiger charge is -2.17. The van der Waals surface area contributed by atoms with Gasteiger partial charge in [0.05, 0.1) is 29.4 Å². The average Bonchev–Trinajstić information content (AvgIpc) is 3.28. The van der Waals surface area contributed by atoms with E-state index in [1.807, 2.05) is 0 Å². The zero-order chi connectivity index (χ0) is 20.3. The van der Waals surface area contributed by atoms with Crippen molar-refractivity contribution < 1.29 is 27.9 Å². The molecule has 2 aromatic rings. The molecule has 1 aromatic carbocycles. The van der Waals surface area contributed by atoms with Gasteiger partial charge in [-0.3, -0.25) is 14.4 Å². The van der Waals surface area contributed by atoms with Gasteiger partial charge in [-0.1, -0.05) is 11.6 Å². The minimum atomic E-state index is -1.11. The molecule has 0 bridgehead atoms. The Morgan fingerprint density at radius 2 is 2.21 bits per heavy atom. The third kappa shape index (κ3) is 4.69. The van der Waals surface area contributed by atoms with Crippen molar-refractivity contribution in [1.82, 2.24) is 4.90 Å². The van der Waals surface area contributed by atoms with E-state index in [9.17, 15) is 18.8 Å². The van der Waals surface area contributed by atoms with E-state index in [2.05, 4.69) is 5.32 Å². The maximum atomic E-state index is 13.1. The van der Waals surface area contributed by atoms with Crippen molar-refractivity contribution >= 4 is 35.1 Å². The molecule has 1 aliphatic rings. The van der Waals surface area contributed by atoms with E-state index in [4.69, 9.17) is 20.8 Å². The van der Waals surface area contributed by atoms with Crippen LogP contribution in [0.4, 0.5) is 10.1 Å². The van der Waals surface area contributed by atoms with Gasteiger partial charge >= 0.3 is 5.97 Å². The van der Waals surface area contributed by atoms with Crippen LogP contribution in [0.1, 0.15) is 19.1 Å². The Kier molecular flexibility index (Phi) is 5.99. The van der Waals surface area contributed by atoms with Crippen LogP contribution in [0.2, 0.25) is 5.02 Å². The van der Waals surface area contributed by atoms with Gasteiger partial charge < -0.3 is 19.4 Å². The first-order chi connectivity index (χ1) is 13.3. The lowest BCUT2D eigenvalue weighted by Crippen LogP contribution is -2.33. The number of amides is 2. The first-order valence-electron chi connectivity index (χ1n) is 8.60. The summed E-state index contributed by atoms with van der Waals surface area (Å²) in [6.45, 7) is 1.87. The number of furan rings is 1. The van der Waals surface area contributed by atoms with Crippen molar-refractivity contribution in [2.45, 2.75) is 26.0 Å². The molecule has 1 N–H and O–H groups in total. The molecule has 0 spiro atoms. The van der Waals surface area contributed by atoms with Crippen LogP contribution in [0.15, 0.2) is 41.0 Å². The monoisotopic (exact) mass is 408 g/mol. The molecule has 2 heterocycles.